The molecule has 2 aliphatic heterocycles. The Kier molecular flexibility index (Phi) is 5.75. The van der Waals surface area contributed by atoms with Gasteiger partial charge in [0.2, 0.25) is 0 Å². The number of esters is 1. The molecule has 0 N–H and O–H groups in total. The van der Waals surface area contributed by atoms with Crippen molar-refractivity contribution >= 4 is 23.5 Å². The van der Waals surface area contributed by atoms with E-state index in [9.17, 15) is 14.4 Å². The Labute approximate surface area is 159 Å². The minimum Gasteiger partial charge on any atom is -0.462 e. The standard InChI is InChI=1S/C21H25NO5/c1-3-9-21(13-26-14-21)10-4-11-27-20(25)16-5-7-17(8-6-16)22-18(23)12-15(2)19(22)24/h5-8,12H,3-4,9-11,13-14H2,1-2H3. The molecule has 27 heavy (non-hydrogen) atoms. The summed E-state index contributed by atoms with van der Waals surface area (Å²) < 4.78 is 10.7. The molecular formula is C21H25NO5. The highest BCUT2D eigenvalue weighted by molar-refractivity contribution is 6.30. The van der Waals surface area contributed by atoms with Crippen LogP contribution in [0.1, 0.15) is 49.9 Å². The zero-order valence-electron chi connectivity index (χ0n) is 15.8. The third-order valence-corrected chi connectivity index (χ3v) is 5.14. The predicted octanol–water partition coefficient (Wildman–Crippen LogP) is 3.26. The van der Waals surface area contributed by atoms with Gasteiger partial charge in [0.25, 0.3) is 11.8 Å². The quantitative estimate of drug-likeness (QED) is 0.398. The van der Waals surface area contributed by atoms with E-state index in [1.807, 2.05) is 0 Å². The van der Waals surface area contributed by atoms with Gasteiger partial charge in [-0.2, -0.15) is 0 Å². The SMILES string of the molecule is CCCC1(CCCOC(=O)c2ccc(N3C(=O)C=C(C)C3=O)cc2)COC1. The van der Waals surface area contributed by atoms with Crippen LogP contribution in [0, 0.1) is 5.41 Å². The van der Waals surface area contributed by atoms with E-state index < -0.39 is 5.97 Å². The number of ether oxygens (including phenoxy) is 2. The molecule has 0 aromatic heterocycles. The number of hydrogen-bond donors (Lipinski definition) is 0. The number of imide groups is 1. The van der Waals surface area contributed by atoms with E-state index in [1.54, 1.807) is 31.2 Å². The first-order valence-electron chi connectivity index (χ1n) is 9.37. The second-order valence-electron chi connectivity index (χ2n) is 7.34. The normalized spacial score (nSPS) is 18.3. The summed E-state index contributed by atoms with van der Waals surface area (Å²) in [5, 5.41) is 0. The maximum atomic E-state index is 12.2. The predicted molar refractivity (Wildman–Crippen MR) is 100 cm³/mol. The summed E-state index contributed by atoms with van der Waals surface area (Å²) >= 11 is 0. The molecular weight excluding hydrogens is 346 g/mol. The fourth-order valence-electron chi connectivity index (χ4n) is 3.61. The molecule has 0 bridgehead atoms. The molecule has 0 atom stereocenters. The van der Waals surface area contributed by atoms with Crippen LogP contribution in [-0.2, 0) is 19.1 Å². The zero-order chi connectivity index (χ0) is 19.4. The first-order chi connectivity index (χ1) is 13.0. The number of benzene rings is 1. The molecule has 0 unspecified atom stereocenters. The van der Waals surface area contributed by atoms with Crippen molar-refractivity contribution in [1.82, 2.24) is 0 Å². The van der Waals surface area contributed by atoms with Crippen molar-refractivity contribution in [2.45, 2.75) is 39.5 Å². The van der Waals surface area contributed by atoms with Crippen LogP contribution in [0.25, 0.3) is 0 Å². The average Bonchev–Trinajstić information content (AvgIpc) is 2.88. The number of carbonyl (C=O) groups excluding carboxylic acids is 3. The molecule has 0 spiro atoms. The fourth-order valence-corrected chi connectivity index (χ4v) is 3.61. The summed E-state index contributed by atoms with van der Waals surface area (Å²) in [6, 6.07) is 6.32. The van der Waals surface area contributed by atoms with Crippen molar-refractivity contribution in [3.05, 3.63) is 41.5 Å². The van der Waals surface area contributed by atoms with E-state index in [0.29, 0.717) is 23.4 Å². The molecule has 2 amide bonds. The lowest BCUT2D eigenvalue weighted by Crippen LogP contribution is -2.42. The van der Waals surface area contributed by atoms with Gasteiger partial charge >= 0.3 is 5.97 Å². The van der Waals surface area contributed by atoms with Crippen molar-refractivity contribution < 1.29 is 23.9 Å². The van der Waals surface area contributed by atoms with Crippen LogP contribution in [0.2, 0.25) is 0 Å². The molecule has 1 aromatic rings. The first-order valence-corrected chi connectivity index (χ1v) is 9.37. The topological polar surface area (TPSA) is 72.9 Å². The molecule has 6 heteroatoms. The van der Waals surface area contributed by atoms with Gasteiger partial charge in [0.05, 0.1) is 31.1 Å². The lowest BCUT2D eigenvalue weighted by molar-refractivity contribution is -0.124. The van der Waals surface area contributed by atoms with Crippen molar-refractivity contribution in [2.75, 3.05) is 24.7 Å². The van der Waals surface area contributed by atoms with Crippen LogP contribution in [-0.4, -0.2) is 37.6 Å². The number of amides is 2. The van der Waals surface area contributed by atoms with E-state index in [4.69, 9.17) is 9.47 Å². The largest absolute Gasteiger partial charge is 0.462 e. The third-order valence-electron chi connectivity index (χ3n) is 5.14. The van der Waals surface area contributed by atoms with Gasteiger partial charge in [-0.25, -0.2) is 9.69 Å². The summed E-state index contributed by atoms with van der Waals surface area (Å²) in [7, 11) is 0. The maximum Gasteiger partial charge on any atom is 0.338 e. The molecule has 1 aromatic carbocycles. The van der Waals surface area contributed by atoms with Gasteiger partial charge in [0.1, 0.15) is 0 Å². The number of carbonyl (C=O) groups is 3. The fraction of sp³-hybridized carbons (Fsp3) is 0.476. The number of rotatable bonds is 8. The van der Waals surface area contributed by atoms with Gasteiger partial charge in [-0.3, -0.25) is 9.59 Å². The third kappa shape index (κ3) is 4.11. The Balaban J connectivity index is 1.49. The summed E-state index contributed by atoms with van der Waals surface area (Å²) in [6.07, 6.45) is 5.40. The van der Waals surface area contributed by atoms with Crippen LogP contribution < -0.4 is 4.90 Å². The van der Waals surface area contributed by atoms with Crippen molar-refractivity contribution in [2.24, 2.45) is 5.41 Å². The highest BCUT2D eigenvalue weighted by Crippen LogP contribution is 2.37. The Morgan fingerprint density at radius 2 is 1.89 bits per heavy atom. The lowest BCUT2D eigenvalue weighted by Gasteiger charge is -2.41. The molecule has 3 rings (SSSR count). The zero-order valence-corrected chi connectivity index (χ0v) is 15.8. The van der Waals surface area contributed by atoms with E-state index in [0.717, 1.165) is 43.8 Å². The van der Waals surface area contributed by atoms with E-state index >= 15 is 0 Å². The number of nitrogens with zero attached hydrogens (tertiary/aromatic N) is 1. The first kappa shape index (κ1) is 19.3. The summed E-state index contributed by atoms with van der Waals surface area (Å²) in [5.41, 5.74) is 1.52. The van der Waals surface area contributed by atoms with Crippen molar-refractivity contribution in [1.29, 1.82) is 0 Å². The van der Waals surface area contributed by atoms with Gasteiger partial charge in [-0.1, -0.05) is 13.3 Å². The van der Waals surface area contributed by atoms with Crippen molar-refractivity contribution in [3.8, 4) is 0 Å². The molecule has 144 valence electrons. The molecule has 1 fully saturated rings. The van der Waals surface area contributed by atoms with Crippen LogP contribution in [0.3, 0.4) is 0 Å². The summed E-state index contributed by atoms with van der Waals surface area (Å²) in [5.74, 6) is -1.10. The van der Waals surface area contributed by atoms with E-state index in [2.05, 4.69) is 6.92 Å². The Morgan fingerprint density at radius 1 is 1.19 bits per heavy atom. The minimum atomic E-state index is -0.399. The molecule has 6 nitrogen and oxygen atoms in total. The summed E-state index contributed by atoms with van der Waals surface area (Å²) in [6.45, 7) is 5.76. The lowest BCUT2D eigenvalue weighted by atomic mass is 9.77. The van der Waals surface area contributed by atoms with Gasteiger partial charge < -0.3 is 9.47 Å². The van der Waals surface area contributed by atoms with Crippen LogP contribution in [0.4, 0.5) is 5.69 Å². The van der Waals surface area contributed by atoms with Crippen LogP contribution >= 0.6 is 0 Å². The molecule has 1 saturated heterocycles. The minimum absolute atomic E-state index is 0.268. The molecule has 0 saturated carbocycles. The second kappa shape index (κ2) is 8.05. The van der Waals surface area contributed by atoms with Crippen LogP contribution in [0.15, 0.2) is 35.9 Å². The average molecular weight is 371 g/mol. The Hall–Kier alpha value is -2.47. The van der Waals surface area contributed by atoms with Crippen molar-refractivity contribution in [3.63, 3.8) is 0 Å². The monoisotopic (exact) mass is 371 g/mol. The number of anilines is 1. The molecule has 0 radical (unpaired) electrons. The Morgan fingerprint density at radius 3 is 2.41 bits per heavy atom. The molecule has 2 heterocycles. The second-order valence-corrected chi connectivity index (χ2v) is 7.34. The van der Waals surface area contributed by atoms with Crippen LogP contribution in [0.5, 0.6) is 0 Å². The molecule has 0 aliphatic carbocycles. The Bertz CT molecular complexity index is 761. The molecule has 2 aliphatic rings. The number of hydrogen-bond acceptors (Lipinski definition) is 5. The smallest absolute Gasteiger partial charge is 0.338 e. The van der Waals surface area contributed by atoms with Gasteiger partial charge in [0.15, 0.2) is 0 Å². The van der Waals surface area contributed by atoms with Gasteiger partial charge in [-0.05, 0) is 50.5 Å². The van der Waals surface area contributed by atoms with Gasteiger partial charge in [0, 0.05) is 17.1 Å². The van der Waals surface area contributed by atoms with E-state index in [-0.39, 0.29) is 17.2 Å². The van der Waals surface area contributed by atoms with Gasteiger partial charge in [-0.15, -0.1) is 0 Å². The van der Waals surface area contributed by atoms with E-state index in [1.165, 1.54) is 6.08 Å². The highest BCUT2D eigenvalue weighted by atomic mass is 16.5. The summed E-state index contributed by atoms with van der Waals surface area (Å²) in [4.78, 5) is 37.2. The highest BCUT2D eigenvalue weighted by Gasteiger charge is 2.36. The maximum absolute atomic E-state index is 12.2.